The molecule has 1 heterocycles. The Morgan fingerprint density at radius 1 is 1.62 bits per heavy atom. The molecule has 0 amide bonds. The maximum atomic E-state index is 11.7. The highest BCUT2D eigenvalue weighted by Gasteiger charge is 2.29. The van der Waals surface area contributed by atoms with Gasteiger partial charge in [0.2, 0.25) is 0 Å². The van der Waals surface area contributed by atoms with Gasteiger partial charge in [-0.15, -0.1) is 0 Å². The number of esters is 1. The molecule has 0 saturated carbocycles. The number of halogens is 1. The van der Waals surface area contributed by atoms with E-state index in [9.17, 15) is 4.79 Å². The third-order valence-electron chi connectivity index (χ3n) is 2.57. The molecule has 0 spiro atoms. The van der Waals surface area contributed by atoms with Crippen LogP contribution in [0.4, 0.5) is 0 Å². The fourth-order valence-electron chi connectivity index (χ4n) is 1.87. The van der Waals surface area contributed by atoms with Crippen LogP contribution in [0.25, 0.3) is 0 Å². The zero-order chi connectivity index (χ0) is 11.5. The van der Waals surface area contributed by atoms with Crippen LogP contribution in [-0.2, 0) is 20.7 Å². The molecule has 86 valence electrons. The van der Waals surface area contributed by atoms with Gasteiger partial charge in [-0.05, 0) is 30.5 Å². The van der Waals surface area contributed by atoms with Crippen molar-refractivity contribution in [3.05, 3.63) is 33.8 Å². The van der Waals surface area contributed by atoms with E-state index in [4.69, 9.17) is 9.47 Å². The Labute approximate surface area is 103 Å². The lowest BCUT2D eigenvalue weighted by Crippen LogP contribution is -2.25. The van der Waals surface area contributed by atoms with Crippen LogP contribution in [0.5, 0.6) is 0 Å². The van der Waals surface area contributed by atoms with Crippen molar-refractivity contribution < 1.29 is 14.3 Å². The molecule has 0 N–H and O–H groups in total. The van der Waals surface area contributed by atoms with Gasteiger partial charge in [0.1, 0.15) is 0 Å². The normalized spacial score (nSPS) is 19.0. The molecule has 0 radical (unpaired) electrons. The highest BCUT2D eigenvalue weighted by atomic mass is 79.9. The molecule has 0 aromatic heterocycles. The largest absolute Gasteiger partial charge is 0.464 e. The minimum absolute atomic E-state index is 0.304. The van der Waals surface area contributed by atoms with E-state index < -0.39 is 6.10 Å². The first-order valence-corrected chi connectivity index (χ1v) is 6.09. The lowest BCUT2D eigenvalue weighted by Gasteiger charge is -2.25. The van der Waals surface area contributed by atoms with Crippen molar-refractivity contribution in [3.63, 3.8) is 0 Å². The first-order chi connectivity index (χ1) is 7.74. The molecule has 16 heavy (non-hydrogen) atoms. The van der Waals surface area contributed by atoms with Crippen molar-refractivity contribution in [1.82, 2.24) is 0 Å². The van der Waals surface area contributed by atoms with Gasteiger partial charge in [0.15, 0.2) is 6.10 Å². The highest BCUT2D eigenvalue weighted by Crippen LogP contribution is 2.32. The molecule has 0 saturated heterocycles. The molecular weight excluding hydrogens is 272 g/mol. The molecule has 2 rings (SSSR count). The van der Waals surface area contributed by atoms with E-state index in [-0.39, 0.29) is 5.97 Å². The predicted octanol–water partition coefficient (Wildman–Crippen LogP) is 2.63. The summed E-state index contributed by atoms with van der Waals surface area (Å²) in [5.74, 6) is -0.304. The standard InChI is InChI=1S/C12H13BrO3/c1-2-15-12(14)11-9-4-3-5-10(13)8(9)6-7-16-11/h3-5,11H,2,6-7H2,1H3. The molecule has 1 aliphatic rings. The summed E-state index contributed by atoms with van der Waals surface area (Å²) in [7, 11) is 0. The molecular formula is C12H13BrO3. The summed E-state index contributed by atoms with van der Waals surface area (Å²) in [6.45, 7) is 2.73. The van der Waals surface area contributed by atoms with Crippen LogP contribution in [0.15, 0.2) is 22.7 Å². The van der Waals surface area contributed by atoms with Crippen molar-refractivity contribution >= 4 is 21.9 Å². The van der Waals surface area contributed by atoms with Crippen molar-refractivity contribution in [3.8, 4) is 0 Å². The smallest absolute Gasteiger partial charge is 0.339 e. The van der Waals surface area contributed by atoms with Crippen LogP contribution in [0.1, 0.15) is 24.2 Å². The number of benzene rings is 1. The SMILES string of the molecule is CCOC(=O)C1OCCc2c(Br)cccc21. The molecule has 0 aliphatic carbocycles. The average molecular weight is 285 g/mol. The maximum Gasteiger partial charge on any atom is 0.339 e. The third-order valence-corrected chi connectivity index (χ3v) is 3.32. The minimum atomic E-state index is -0.568. The molecule has 1 atom stereocenters. The number of carbonyl (C=O) groups excluding carboxylic acids is 1. The number of carbonyl (C=O) groups is 1. The molecule has 0 fully saturated rings. The molecule has 1 aliphatic heterocycles. The second-order valence-corrected chi connectivity index (χ2v) is 4.41. The number of ether oxygens (including phenoxy) is 2. The van der Waals surface area contributed by atoms with E-state index in [0.717, 1.165) is 22.0 Å². The second kappa shape index (κ2) is 4.97. The van der Waals surface area contributed by atoms with E-state index in [0.29, 0.717) is 13.2 Å². The zero-order valence-electron chi connectivity index (χ0n) is 9.03. The molecule has 3 nitrogen and oxygen atoms in total. The Balaban J connectivity index is 2.33. The van der Waals surface area contributed by atoms with E-state index in [1.807, 2.05) is 18.2 Å². The van der Waals surface area contributed by atoms with Crippen LogP contribution >= 0.6 is 15.9 Å². The van der Waals surface area contributed by atoms with Gasteiger partial charge in [-0.25, -0.2) is 4.79 Å². The second-order valence-electron chi connectivity index (χ2n) is 3.56. The summed E-state index contributed by atoms with van der Waals surface area (Å²) in [6.07, 6.45) is 0.258. The van der Waals surface area contributed by atoms with E-state index in [1.54, 1.807) is 6.92 Å². The molecule has 1 aromatic carbocycles. The van der Waals surface area contributed by atoms with E-state index >= 15 is 0 Å². The lowest BCUT2D eigenvalue weighted by atomic mass is 9.98. The van der Waals surface area contributed by atoms with Gasteiger partial charge in [0.05, 0.1) is 13.2 Å². The van der Waals surface area contributed by atoms with Crippen LogP contribution in [-0.4, -0.2) is 19.2 Å². The third kappa shape index (κ3) is 2.13. The fraction of sp³-hybridized carbons (Fsp3) is 0.417. The summed E-state index contributed by atoms with van der Waals surface area (Å²) in [6, 6.07) is 5.80. The summed E-state index contributed by atoms with van der Waals surface area (Å²) in [5, 5.41) is 0. The van der Waals surface area contributed by atoms with Crippen molar-refractivity contribution in [2.75, 3.05) is 13.2 Å². The molecule has 1 aromatic rings. The van der Waals surface area contributed by atoms with Gasteiger partial charge in [-0.2, -0.15) is 0 Å². The topological polar surface area (TPSA) is 35.5 Å². The van der Waals surface area contributed by atoms with Gasteiger partial charge in [-0.1, -0.05) is 28.1 Å². The summed E-state index contributed by atoms with van der Waals surface area (Å²) in [5.41, 5.74) is 2.06. The zero-order valence-corrected chi connectivity index (χ0v) is 10.6. The Morgan fingerprint density at radius 3 is 3.19 bits per heavy atom. The van der Waals surface area contributed by atoms with Crippen LogP contribution in [0, 0.1) is 0 Å². The van der Waals surface area contributed by atoms with Gasteiger partial charge in [0, 0.05) is 4.47 Å². The minimum Gasteiger partial charge on any atom is -0.464 e. The van der Waals surface area contributed by atoms with Gasteiger partial charge < -0.3 is 9.47 Å². The van der Waals surface area contributed by atoms with Crippen LogP contribution in [0.3, 0.4) is 0 Å². The Hall–Kier alpha value is -0.870. The average Bonchev–Trinajstić information content (AvgIpc) is 2.29. The number of rotatable bonds is 2. The lowest BCUT2D eigenvalue weighted by molar-refractivity contribution is -0.158. The van der Waals surface area contributed by atoms with Crippen molar-refractivity contribution in [2.45, 2.75) is 19.4 Å². The summed E-state index contributed by atoms with van der Waals surface area (Å²) >= 11 is 3.49. The quantitative estimate of drug-likeness (QED) is 0.784. The number of fused-ring (bicyclic) bond motifs is 1. The predicted molar refractivity (Wildman–Crippen MR) is 63.2 cm³/mol. The summed E-state index contributed by atoms with van der Waals surface area (Å²) < 4.78 is 11.5. The van der Waals surface area contributed by atoms with Crippen LogP contribution < -0.4 is 0 Å². The first-order valence-electron chi connectivity index (χ1n) is 5.29. The number of hydrogen-bond donors (Lipinski definition) is 0. The van der Waals surface area contributed by atoms with Gasteiger partial charge in [0.25, 0.3) is 0 Å². The molecule has 1 unspecified atom stereocenters. The van der Waals surface area contributed by atoms with Crippen LogP contribution in [0.2, 0.25) is 0 Å². The summed E-state index contributed by atoms with van der Waals surface area (Å²) in [4.78, 5) is 11.7. The van der Waals surface area contributed by atoms with Gasteiger partial charge in [-0.3, -0.25) is 0 Å². The Bertz CT molecular complexity index is 403. The van der Waals surface area contributed by atoms with E-state index in [1.165, 1.54) is 0 Å². The van der Waals surface area contributed by atoms with E-state index in [2.05, 4.69) is 15.9 Å². The first kappa shape index (κ1) is 11.6. The number of hydrogen-bond acceptors (Lipinski definition) is 3. The Kier molecular flexibility index (Phi) is 3.61. The molecule has 4 heteroatoms. The van der Waals surface area contributed by atoms with Crippen molar-refractivity contribution in [1.29, 1.82) is 0 Å². The highest BCUT2D eigenvalue weighted by molar-refractivity contribution is 9.10. The van der Waals surface area contributed by atoms with Gasteiger partial charge >= 0.3 is 5.97 Å². The Morgan fingerprint density at radius 2 is 2.44 bits per heavy atom. The molecule has 0 bridgehead atoms. The fourth-order valence-corrected chi connectivity index (χ4v) is 2.45. The monoisotopic (exact) mass is 284 g/mol. The van der Waals surface area contributed by atoms with Crippen molar-refractivity contribution in [2.24, 2.45) is 0 Å². The maximum absolute atomic E-state index is 11.7.